The van der Waals surface area contributed by atoms with E-state index in [0.717, 1.165) is 0 Å². The average molecular weight is 371 g/mol. The van der Waals surface area contributed by atoms with Gasteiger partial charge in [0, 0.05) is 0 Å². The Bertz CT molecular complexity index is 1260. The van der Waals surface area contributed by atoms with E-state index in [4.69, 9.17) is 0 Å². The topological polar surface area (TPSA) is 138 Å². The summed E-state index contributed by atoms with van der Waals surface area (Å²) in [7, 11) is -3.85. The van der Waals surface area contributed by atoms with Crippen LogP contribution in [0.5, 0.6) is 0 Å². The summed E-state index contributed by atoms with van der Waals surface area (Å²) in [5.74, 6) is 0. The molecule has 0 aliphatic carbocycles. The van der Waals surface area contributed by atoms with Gasteiger partial charge in [-0.2, -0.15) is 0 Å². The van der Waals surface area contributed by atoms with Crippen molar-refractivity contribution in [2.45, 2.75) is 11.8 Å². The van der Waals surface area contributed by atoms with Gasteiger partial charge in [0.2, 0.25) is 0 Å². The monoisotopic (exact) mass is 371 g/mol. The van der Waals surface area contributed by atoms with E-state index in [9.17, 15) is 13.2 Å². The van der Waals surface area contributed by atoms with Crippen LogP contribution in [0.2, 0.25) is 0 Å². The summed E-state index contributed by atoms with van der Waals surface area (Å²) in [5, 5.41) is 11.0. The van der Waals surface area contributed by atoms with Crippen molar-refractivity contribution < 1.29 is 8.42 Å². The van der Waals surface area contributed by atoms with Crippen LogP contribution in [-0.4, -0.2) is 38.6 Å². The lowest BCUT2D eigenvalue weighted by molar-refractivity contribution is 0.601. The van der Waals surface area contributed by atoms with Crippen molar-refractivity contribution in [3.63, 3.8) is 0 Å². The Balaban J connectivity index is 1.73. The lowest BCUT2D eigenvalue weighted by Gasteiger charge is -2.13. The standard InChI is InChI=1S/C15H13N7O3S/c1-9-11(3-2-4-14(9)22-8-16-20-21-22)19-26(24,25)10-5-6-12-13(7-10)18-15(23)17-12/h2-8,19H,1H3,(H2,17,18,23). The molecule has 10 nitrogen and oxygen atoms in total. The number of fused-ring (bicyclic) bond motifs is 1. The third-order valence-corrected chi connectivity index (χ3v) is 5.31. The molecule has 4 rings (SSSR count). The smallest absolute Gasteiger partial charge is 0.306 e. The Morgan fingerprint density at radius 1 is 1.12 bits per heavy atom. The molecule has 2 aromatic heterocycles. The van der Waals surface area contributed by atoms with Gasteiger partial charge in [-0.1, -0.05) is 6.07 Å². The van der Waals surface area contributed by atoms with Crippen LogP contribution in [0, 0.1) is 6.92 Å². The fourth-order valence-electron chi connectivity index (χ4n) is 2.64. The first kappa shape index (κ1) is 16.0. The van der Waals surface area contributed by atoms with Crippen molar-refractivity contribution in [1.82, 2.24) is 30.2 Å². The highest BCUT2D eigenvalue weighted by atomic mass is 32.2. The quantitative estimate of drug-likeness (QED) is 0.488. The minimum absolute atomic E-state index is 0.0347. The Hall–Kier alpha value is -3.47. The minimum Gasteiger partial charge on any atom is -0.306 e. The molecular formula is C15H13N7O3S. The van der Waals surface area contributed by atoms with E-state index in [1.807, 2.05) is 0 Å². The fraction of sp³-hybridized carbons (Fsp3) is 0.0667. The molecule has 0 saturated heterocycles. The summed E-state index contributed by atoms with van der Waals surface area (Å²) in [6.07, 6.45) is 1.43. The summed E-state index contributed by atoms with van der Waals surface area (Å²) < 4.78 is 29.5. The van der Waals surface area contributed by atoms with Crippen molar-refractivity contribution in [3.05, 3.63) is 58.8 Å². The number of rotatable bonds is 4. The SMILES string of the molecule is Cc1c(NS(=O)(=O)c2ccc3[nH]c(=O)[nH]c3c2)cccc1-n1cnnn1. The molecule has 0 radical (unpaired) electrons. The van der Waals surface area contributed by atoms with Gasteiger partial charge in [0.1, 0.15) is 6.33 Å². The van der Waals surface area contributed by atoms with E-state index >= 15 is 0 Å². The molecule has 0 amide bonds. The Kier molecular flexibility index (Phi) is 3.58. The maximum absolute atomic E-state index is 12.7. The summed E-state index contributed by atoms with van der Waals surface area (Å²) >= 11 is 0. The highest BCUT2D eigenvalue weighted by Crippen LogP contribution is 2.25. The Morgan fingerprint density at radius 2 is 1.92 bits per heavy atom. The molecule has 0 saturated carbocycles. The van der Waals surface area contributed by atoms with Crippen LogP contribution in [-0.2, 0) is 10.0 Å². The van der Waals surface area contributed by atoms with E-state index in [2.05, 4.69) is 30.2 Å². The Labute approximate surface area is 146 Å². The molecule has 2 aromatic carbocycles. The zero-order valence-corrected chi connectivity index (χ0v) is 14.3. The fourth-order valence-corrected chi connectivity index (χ4v) is 3.79. The summed E-state index contributed by atoms with van der Waals surface area (Å²) in [6, 6.07) is 9.49. The van der Waals surface area contributed by atoms with Crippen molar-refractivity contribution in [2.24, 2.45) is 0 Å². The Morgan fingerprint density at radius 3 is 2.69 bits per heavy atom. The van der Waals surface area contributed by atoms with Gasteiger partial charge in [-0.3, -0.25) is 4.72 Å². The molecule has 11 heteroatoms. The number of tetrazole rings is 1. The molecule has 2 heterocycles. The maximum Gasteiger partial charge on any atom is 0.323 e. The lowest BCUT2D eigenvalue weighted by Crippen LogP contribution is -2.14. The number of hydrogen-bond donors (Lipinski definition) is 3. The van der Waals surface area contributed by atoms with Gasteiger partial charge in [-0.05, 0) is 53.2 Å². The third kappa shape index (κ3) is 2.73. The molecule has 3 N–H and O–H groups in total. The van der Waals surface area contributed by atoms with Gasteiger partial charge in [0.15, 0.2) is 0 Å². The van der Waals surface area contributed by atoms with Crippen LogP contribution in [0.3, 0.4) is 0 Å². The number of aromatic nitrogens is 6. The molecule has 4 aromatic rings. The number of sulfonamides is 1. The molecule has 26 heavy (non-hydrogen) atoms. The maximum atomic E-state index is 12.7. The molecule has 0 bridgehead atoms. The molecule has 0 aliphatic heterocycles. The van der Waals surface area contributed by atoms with Gasteiger partial charge in [-0.15, -0.1) is 5.10 Å². The number of imidazole rings is 1. The van der Waals surface area contributed by atoms with Crippen molar-refractivity contribution in [2.75, 3.05) is 4.72 Å². The number of anilines is 1. The predicted octanol–water partition coefficient (Wildman–Crippen LogP) is 0.941. The minimum atomic E-state index is -3.85. The molecule has 0 unspecified atom stereocenters. The molecular weight excluding hydrogens is 358 g/mol. The average Bonchev–Trinajstić information content (AvgIpc) is 3.24. The van der Waals surface area contributed by atoms with Crippen LogP contribution >= 0.6 is 0 Å². The zero-order valence-electron chi connectivity index (χ0n) is 13.5. The number of aromatic amines is 2. The molecule has 0 atom stereocenters. The zero-order chi connectivity index (χ0) is 18.3. The second-order valence-corrected chi connectivity index (χ2v) is 7.28. The number of nitrogens with one attached hydrogen (secondary N) is 3. The normalized spacial score (nSPS) is 11.7. The lowest BCUT2D eigenvalue weighted by atomic mass is 10.1. The summed E-state index contributed by atoms with van der Waals surface area (Å²) in [5.41, 5.74) is 2.27. The van der Waals surface area contributed by atoms with E-state index < -0.39 is 15.7 Å². The van der Waals surface area contributed by atoms with Crippen molar-refractivity contribution >= 4 is 26.7 Å². The van der Waals surface area contributed by atoms with Gasteiger partial charge in [0.25, 0.3) is 10.0 Å². The number of H-pyrrole nitrogens is 2. The van der Waals surface area contributed by atoms with Gasteiger partial charge < -0.3 is 9.97 Å². The highest BCUT2D eigenvalue weighted by Gasteiger charge is 2.18. The van der Waals surface area contributed by atoms with E-state index in [1.54, 1.807) is 25.1 Å². The number of hydrogen-bond acceptors (Lipinski definition) is 6. The van der Waals surface area contributed by atoms with Crippen LogP contribution in [0.1, 0.15) is 5.56 Å². The van der Waals surface area contributed by atoms with Crippen LogP contribution in [0.25, 0.3) is 16.7 Å². The van der Waals surface area contributed by atoms with Crippen molar-refractivity contribution in [3.8, 4) is 5.69 Å². The molecule has 0 fully saturated rings. The predicted molar refractivity (Wildman–Crippen MR) is 93.6 cm³/mol. The molecule has 0 spiro atoms. The first-order valence-electron chi connectivity index (χ1n) is 7.52. The second kappa shape index (κ2) is 5.81. The van der Waals surface area contributed by atoms with E-state index in [1.165, 1.54) is 29.2 Å². The van der Waals surface area contributed by atoms with E-state index in [0.29, 0.717) is 28.0 Å². The van der Waals surface area contributed by atoms with E-state index in [-0.39, 0.29) is 4.90 Å². The third-order valence-electron chi connectivity index (χ3n) is 3.94. The number of nitrogens with zero attached hydrogens (tertiary/aromatic N) is 4. The second-order valence-electron chi connectivity index (χ2n) is 5.60. The van der Waals surface area contributed by atoms with Gasteiger partial charge in [-0.25, -0.2) is 17.9 Å². The van der Waals surface area contributed by atoms with Gasteiger partial charge >= 0.3 is 5.69 Å². The molecule has 132 valence electrons. The summed E-state index contributed by atoms with van der Waals surface area (Å²) in [4.78, 5) is 16.5. The van der Waals surface area contributed by atoms with Crippen LogP contribution in [0.4, 0.5) is 5.69 Å². The molecule has 0 aliphatic rings. The van der Waals surface area contributed by atoms with Gasteiger partial charge in [0.05, 0.1) is 27.3 Å². The highest BCUT2D eigenvalue weighted by molar-refractivity contribution is 7.92. The summed E-state index contributed by atoms with van der Waals surface area (Å²) in [6.45, 7) is 1.77. The first-order chi connectivity index (χ1) is 12.4. The largest absolute Gasteiger partial charge is 0.323 e. The first-order valence-corrected chi connectivity index (χ1v) is 9.00. The number of benzene rings is 2. The van der Waals surface area contributed by atoms with Crippen LogP contribution in [0.15, 0.2) is 52.4 Å². The van der Waals surface area contributed by atoms with Crippen molar-refractivity contribution in [1.29, 1.82) is 0 Å². The van der Waals surface area contributed by atoms with Crippen LogP contribution < -0.4 is 10.4 Å².